The molecule has 8 heteroatoms. The van der Waals surface area contributed by atoms with Crippen molar-refractivity contribution >= 4 is 22.9 Å². The highest BCUT2D eigenvalue weighted by Crippen LogP contribution is 2.45. The Hall–Kier alpha value is -4.59. The highest BCUT2D eigenvalue weighted by Gasteiger charge is 2.33. The number of hydrogen-bond donors (Lipinski definition) is 2. The maximum Gasteiger partial charge on any atom is 0.337 e. The molecule has 1 aromatic heterocycles. The first-order chi connectivity index (χ1) is 16.4. The Labute approximate surface area is 192 Å². The van der Waals surface area contributed by atoms with Crippen LogP contribution in [0.5, 0.6) is 17.2 Å². The molecule has 1 unspecified atom stereocenters. The van der Waals surface area contributed by atoms with E-state index in [4.69, 9.17) is 13.9 Å². The third-order valence-corrected chi connectivity index (χ3v) is 5.88. The Morgan fingerprint density at radius 2 is 1.74 bits per heavy atom. The zero-order valence-electron chi connectivity index (χ0n) is 17.9. The fraction of sp³-hybridized carbons (Fsp3) is 0.115. The molecule has 0 saturated heterocycles. The zero-order valence-corrected chi connectivity index (χ0v) is 17.9. The van der Waals surface area contributed by atoms with Crippen molar-refractivity contribution in [3.63, 3.8) is 0 Å². The van der Waals surface area contributed by atoms with Crippen LogP contribution >= 0.6 is 0 Å². The first-order valence-corrected chi connectivity index (χ1v) is 10.4. The lowest BCUT2D eigenvalue weighted by molar-refractivity contribution is -0.135. The minimum atomic E-state index is -0.534. The van der Waals surface area contributed by atoms with Gasteiger partial charge in [-0.05, 0) is 35.4 Å². The van der Waals surface area contributed by atoms with Crippen LogP contribution in [0.15, 0.2) is 70.1 Å². The SMILES string of the molecule is COC(=O)c1ccc(C2CC(=O)Oc3cc(O)c4c(=O)c(-c5ccc(O)cc5)coc4c32)cc1. The minimum absolute atomic E-state index is 0.0200. The molecule has 2 heterocycles. The van der Waals surface area contributed by atoms with Crippen molar-refractivity contribution in [2.45, 2.75) is 12.3 Å². The van der Waals surface area contributed by atoms with Crippen LogP contribution in [-0.2, 0) is 9.53 Å². The molecule has 34 heavy (non-hydrogen) atoms. The number of phenols is 2. The summed E-state index contributed by atoms with van der Waals surface area (Å²) in [7, 11) is 1.29. The lowest BCUT2D eigenvalue weighted by atomic mass is 9.84. The van der Waals surface area contributed by atoms with Crippen LogP contribution in [0.2, 0.25) is 0 Å². The van der Waals surface area contributed by atoms with Gasteiger partial charge < -0.3 is 24.1 Å². The minimum Gasteiger partial charge on any atom is -0.508 e. The standard InChI is InChI=1S/C26H18O8/c1-32-26(31)15-4-2-13(3-5-15)17-10-21(29)34-20-11-19(28)23-24(30)18(12-33-25(23)22(17)20)14-6-8-16(27)9-7-14/h2-9,11-12,17,27-28H,10H2,1H3. The Balaban J connectivity index is 1.70. The van der Waals surface area contributed by atoms with Gasteiger partial charge in [0.1, 0.15) is 34.5 Å². The number of aromatic hydroxyl groups is 2. The highest BCUT2D eigenvalue weighted by atomic mass is 16.5. The number of benzene rings is 3. The lowest BCUT2D eigenvalue weighted by Gasteiger charge is -2.26. The van der Waals surface area contributed by atoms with Gasteiger partial charge in [0, 0.05) is 17.5 Å². The van der Waals surface area contributed by atoms with E-state index in [1.54, 1.807) is 36.4 Å². The maximum absolute atomic E-state index is 13.3. The van der Waals surface area contributed by atoms with Crippen molar-refractivity contribution in [2.24, 2.45) is 0 Å². The van der Waals surface area contributed by atoms with Gasteiger partial charge in [0.25, 0.3) is 0 Å². The molecule has 0 aliphatic carbocycles. The monoisotopic (exact) mass is 458 g/mol. The van der Waals surface area contributed by atoms with Gasteiger partial charge in [-0.15, -0.1) is 0 Å². The van der Waals surface area contributed by atoms with Gasteiger partial charge in [0.2, 0.25) is 5.43 Å². The zero-order chi connectivity index (χ0) is 24.0. The molecule has 5 rings (SSSR count). The number of rotatable bonds is 3. The van der Waals surface area contributed by atoms with E-state index in [-0.39, 0.29) is 40.2 Å². The predicted octanol–water partition coefficient (Wildman–Crippen LogP) is 4.10. The first kappa shape index (κ1) is 21.3. The molecule has 0 saturated carbocycles. The molecule has 4 aromatic rings. The Morgan fingerprint density at radius 1 is 1.03 bits per heavy atom. The molecule has 0 bridgehead atoms. The number of carbonyl (C=O) groups excluding carboxylic acids is 2. The van der Waals surface area contributed by atoms with Crippen LogP contribution in [0, 0.1) is 0 Å². The molecule has 2 N–H and O–H groups in total. The van der Waals surface area contributed by atoms with E-state index in [0.717, 1.165) is 0 Å². The van der Waals surface area contributed by atoms with E-state index in [9.17, 15) is 24.6 Å². The second-order valence-corrected chi connectivity index (χ2v) is 7.88. The number of methoxy groups -OCH3 is 1. The van der Waals surface area contributed by atoms with Gasteiger partial charge in [-0.3, -0.25) is 9.59 Å². The maximum atomic E-state index is 13.3. The molecule has 0 spiro atoms. The smallest absolute Gasteiger partial charge is 0.337 e. The van der Waals surface area contributed by atoms with Crippen molar-refractivity contribution in [2.75, 3.05) is 7.11 Å². The summed E-state index contributed by atoms with van der Waals surface area (Å²) in [5.74, 6) is -1.75. The summed E-state index contributed by atoms with van der Waals surface area (Å²) in [6.45, 7) is 0. The van der Waals surface area contributed by atoms with Crippen LogP contribution in [-0.4, -0.2) is 29.3 Å². The van der Waals surface area contributed by atoms with Gasteiger partial charge >= 0.3 is 11.9 Å². The van der Waals surface area contributed by atoms with Gasteiger partial charge in [-0.1, -0.05) is 24.3 Å². The number of ether oxygens (including phenoxy) is 2. The van der Waals surface area contributed by atoms with Crippen LogP contribution in [0.4, 0.5) is 0 Å². The molecular weight excluding hydrogens is 440 g/mol. The number of esters is 2. The van der Waals surface area contributed by atoms with Crippen molar-refractivity contribution in [1.29, 1.82) is 0 Å². The average molecular weight is 458 g/mol. The topological polar surface area (TPSA) is 123 Å². The van der Waals surface area contributed by atoms with E-state index in [1.165, 1.54) is 31.6 Å². The van der Waals surface area contributed by atoms with E-state index < -0.39 is 23.3 Å². The second-order valence-electron chi connectivity index (χ2n) is 7.88. The molecule has 170 valence electrons. The van der Waals surface area contributed by atoms with Crippen LogP contribution < -0.4 is 10.2 Å². The summed E-state index contributed by atoms with van der Waals surface area (Å²) in [6.07, 6.45) is 1.26. The van der Waals surface area contributed by atoms with Crippen molar-refractivity contribution in [3.05, 3.63) is 87.8 Å². The number of hydrogen-bond acceptors (Lipinski definition) is 8. The normalized spacial score (nSPS) is 15.0. The number of carbonyl (C=O) groups is 2. The Kier molecular flexibility index (Phi) is 5.05. The fourth-order valence-corrected chi connectivity index (χ4v) is 4.23. The molecule has 1 aliphatic heterocycles. The molecule has 1 atom stereocenters. The fourth-order valence-electron chi connectivity index (χ4n) is 4.23. The largest absolute Gasteiger partial charge is 0.508 e. The van der Waals surface area contributed by atoms with Crippen molar-refractivity contribution in [3.8, 4) is 28.4 Å². The second kappa shape index (κ2) is 8.08. The highest BCUT2D eigenvalue weighted by molar-refractivity contribution is 5.94. The molecule has 0 radical (unpaired) electrons. The quantitative estimate of drug-likeness (QED) is 0.347. The summed E-state index contributed by atoms with van der Waals surface area (Å²) < 4.78 is 16.0. The molecule has 0 amide bonds. The Bertz CT molecular complexity index is 1500. The van der Waals surface area contributed by atoms with Crippen LogP contribution in [0.25, 0.3) is 22.1 Å². The third kappa shape index (κ3) is 3.45. The van der Waals surface area contributed by atoms with E-state index in [0.29, 0.717) is 22.3 Å². The summed E-state index contributed by atoms with van der Waals surface area (Å²) in [5, 5.41) is 20.1. The molecule has 8 nitrogen and oxygen atoms in total. The summed E-state index contributed by atoms with van der Waals surface area (Å²) in [5.41, 5.74) is 1.85. The number of phenolic OH excluding ortho intramolecular Hbond substituents is 2. The lowest BCUT2D eigenvalue weighted by Crippen LogP contribution is -2.22. The van der Waals surface area contributed by atoms with Crippen molar-refractivity contribution in [1.82, 2.24) is 0 Å². The van der Waals surface area contributed by atoms with Crippen LogP contribution in [0.3, 0.4) is 0 Å². The van der Waals surface area contributed by atoms with Gasteiger partial charge in [-0.25, -0.2) is 4.79 Å². The molecule has 1 aliphatic rings. The summed E-state index contributed by atoms with van der Waals surface area (Å²) in [6, 6.07) is 13.8. The third-order valence-electron chi connectivity index (χ3n) is 5.88. The van der Waals surface area contributed by atoms with Gasteiger partial charge in [0.05, 0.1) is 24.7 Å². The van der Waals surface area contributed by atoms with E-state index in [2.05, 4.69) is 0 Å². The van der Waals surface area contributed by atoms with Gasteiger partial charge in [-0.2, -0.15) is 0 Å². The average Bonchev–Trinajstić information content (AvgIpc) is 2.83. The van der Waals surface area contributed by atoms with Gasteiger partial charge in [0.15, 0.2) is 0 Å². The van der Waals surface area contributed by atoms with Crippen molar-refractivity contribution < 1.29 is 33.7 Å². The summed E-state index contributed by atoms with van der Waals surface area (Å²) in [4.78, 5) is 37.4. The number of fused-ring (bicyclic) bond motifs is 3. The molecule has 3 aromatic carbocycles. The first-order valence-electron chi connectivity index (χ1n) is 10.4. The van der Waals surface area contributed by atoms with E-state index >= 15 is 0 Å². The Morgan fingerprint density at radius 3 is 2.41 bits per heavy atom. The summed E-state index contributed by atoms with van der Waals surface area (Å²) >= 11 is 0. The molecular formula is C26H18O8. The van der Waals surface area contributed by atoms with E-state index in [1.807, 2.05) is 0 Å². The van der Waals surface area contributed by atoms with Crippen LogP contribution in [0.1, 0.15) is 33.8 Å². The predicted molar refractivity (Wildman–Crippen MR) is 121 cm³/mol. The molecule has 0 fully saturated rings.